The van der Waals surface area contributed by atoms with E-state index in [0.717, 1.165) is 0 Å². The van der Waals surface area contributed by atoms with Crippen LogP contribution in [-0.2, 0) is 0 Å². The molecule has 0 saturated heterocycles. The van der Waals surface area contributed by atoms with Gasteiger partial charge in [0.1, 0.15) is 0 Å². The Balaban J connectivity index is 2.10. The predicted molar refractivity (Wildman–Crippen MR) is 87.7 cm³/mol. The zero-order chi connectivity index (χ0) is 13.9. The molecule has 0 N–H and O–H groups in total. The van der Waals surface area contributed by atoms with E-state index in [0.29, 0.717) is 6.04 Å². The maximum Gasteiger partial charge on any atom is 0.0419 e. The van der Waals surface area contributed by atoms with Crippen LogP contribution in [0, 0.1) is 0 Å². The van der Waals surface area contributed by atoms with E-state index in [9.17, 15) is 0 Å². The zero-order valence-corrected chi connectivity index (χ0v) is 12.0. The number of rotatable bonds is 3. The van der Waals surface area contributed by atoms with Gasteiger partial charge in [-0.2, -0.15) is 0 Å². The molecular weight excluding hydrogens is 242 g/mol. The van der Waals surface area contributed by atoms with Crippen LogP contribution in [-0.4, -0.2) is 6.04 Å². The van der Waals surface area contributed by atoms with Gasteiger partial charge in [-0.25, -0.2) is 0 Å². The molecule has 0 aliphatic heterocycles. The van der Waals surface area contributed by atoms with Gasteiger partial charge < -0.3 is 4.90 Å². The van der Waals surface area contributed by atoms with E-state index in [1.54, 1.807) is 0 Å². The Bertz CT molecular complexity index is 701. The Morgan fingerprint density at radius 2 is 1.30 bits per heavy atom. The highest BCUT2D eigenvalue weighted by atomic mass is 15.2. The molecule has 1 heteroatoms. The average molecular weight is 261 g/mol. The molecule has 0 radical (unpaired) electrons. The maximum atomic E-state index is 2.37. The molecule has 0 aliphatic carbocycles. The van der Waals surface area contributed by atoms with Gasteiger partial charge in [0.2, 0.25) is 0 Å². The van der Waals surface area contributed by atoms with Crippen LogP contribution >= 0.6 is 0 Å². The van der Waals surface area contributed by atoms with Gasteiger partial charge >= 0.3 is 0 Å². The lowest BCUT2D eigenvalue weighted by molar-refractivity contribution is 0.789. The Hall–Kier alpha value is -2.28. The first kappa shape index (κ1) is 12.7. The summed E-state index contributed by atoms with van der Waals surface area (Å²) in [6, 6.07) is 26.1. The Morgan fingerprint density at radius 3 is 2.00 bits per heavy atom. The summed E-state index contributed by atoms with van der Waals surface area (Å²) in [5.74, 6) is 0. The number of fused-ring (bicyclic) bond motifs is 1. The third kappa shape index (κ3) is 2.39. The van der Waals surface area contributed by atoms with E-state index in [2.05, 4.69) is 91.5 Å². The summed E-state index contributed by atoms with van der Waals surface area (Å²) < 4.78 is 0. The Labute approximate surface area is 120 Å². The number of para-hydroxylation sites is 1. The van der Waals surface area contributed by atoms with E-state index < -0.39 is 0 Å². The van der Waals surface area contributed by atoms with E-state index in [1.807, 2.05) is 0 Å². The lowest BCUT2D eigenvalue weighted by atomic mass is 10.1. The molecule has 3 aromatic rings. The summed E-state index contributed by atoms with van der Waals surface area (Å²) in [5, 5.41) is 2.57. The number of benzene rings is 3. The van der Waals surface area contributed by atoms with Gasteiger partial charge in [0, 0.05) is 17.4 Å². The third-order valence-electron chi connectivity index (χ3n) is 3.56. The average Bonchev–Trinajstić information content (AvgIpc) is 2.48. The summed E-state index contributed by atoms with van der Waals surface area (Å²) in [5.41, 5.74) is 2.47. The second-order valence-electron chi connectivity index (χ2n) is 5.33. The Kier molecular flexibility index (Phi) is 3.42. The van der Waals surface area contributed by atoms with Gasteiger partial charge in [-0.15, -0.1) is 0 Å². The zero-order valence-electron chi connectivity index (χ0n) is 12.0. The van der Waals surface area contributed by atoms with Crippen LogP contribution in [0.3, 0.4) is 0 Å². The summed E-state index contributed by atoms with van der Waals surface area (Å²) in [4.78, 5) is 2.37. The van der Waals surface area contributed by atoms with Crippen molar-refractivity contribution in [2.24, 2.45) is 0 Å². The monoisotopic (exact) mass is 261 g/mol. The van der Waals surface area contributed by atoms with E-state index >= 15 is 0 Å². The maximum absolute atomic E-state index is 2.37. The van der Waals surface area contributed by atoms with Gasteiger partial charge in [-0.05, 0) is 48.9 Å². The molecule has 3 aromatic carbocycles. The number of nitrogens with zero attached hydrogens (tertiary/aromatic N) is 1. The molecule has 100 valence electrons. The molecule has 20 heavy (non-hydrogen) atoms. The molecule has 0 aliphatic rings. The largest absolute Gasteiger partial charge is 0.339 e. The summed E-state index contributed by atoms with van der Waals surface area (Å²) in [6.45, 7) is 4.45. The first-order chi connectivity index (χ1) is 9.75. The smallest absolute Gasteiger partial charge is 0.0419 e. The van der Waals surface area contributed by atoms with Crippen molar-refractivity contribution < 1.29 is 0 Å². The first-order valence-electron chi connectivity index (χ1n) is 7.09. The van der Waals surface area contributed by atoms with Gasteiger partial charge in [-0.3, -0.25) is 0 Å². The van der Waals surface area contributed by atoms with Gasteiger partial charge in [-0.1, -0.05) is 48.5 Å². The second-order valence-corrected chi connectivity index (χ2v) is 5.33. The molecule has 0 fully saturated rings. The topological polar surface area (TPSA) is 3.24 Å². The molecule has 0 atom stereocenters. The number of hydrogen-bond acceptors (Lipinski definition) is 1. The van der Waals surface area contributed by atoms with Crippen molar-refractivity contribution in [3.8, 4) is 0 Å². The fourth-order valence-electron chi connectivity index (χ4n) is 2.66. The fraction of sp³-hybridized carbons (Fsp3) is 0.158. The summed E-state index contributed by atoms with van der Waals surface area (Å²) in [6.07, 6.45) is 0. The highest BCUT2D eigenvalue weighted by molar-refractivity contribution is 5.87. The van der Waals surface area contributed by atoms with Crippen LogP contribution in [0.15, 0.2) is 72.8 Å². The van der Waals surface area contributed by atoms with Crippen LogP contribution in [0.5, 0.6) is 0 Å². The summed E-state index contributed by atoms with van der Waals surface area (Å²) in [7, 11) is 0. The van der Waals surface area contributed by atoms with E-state index in [1.165, 1.54) is 22.1 Å². The Morgan fingerprint density at radius 1 is 0.650 bits per heavy atom. The minimum atomic E-state index is 0.415. The molecule has 0 heterocycles. The van der Waals surface area contributed by atoms with E-state index in [-0.39, 0.29) is 0 Å². The molecule has 3 rings (SSSR count). The quantitative estimate of drug-likeness (QED) is 0.611. The molecule has 0 saturated carbocycles. The third-order valence-corrected chi connectivity index (χ3v) is 3.56. The lowest BCUT2D eigenvalue weighted by Gasteiger charge is -2.29. The molecule has 0 amide bonds. The SMILES string of the molecule is CC(C)N(c1ccccc1)c1ccc2ccccc2c1. The van der Waals surface area contributed by atoms with Crippen molar-refractivity contribution in [1.29, 1.82) is 0 Å². The highest BCUT2D eigenvalue weighted by Crippen LogP contribution is 2.30. The molecule has 0 unspecified atom stereocenters. The van der Waals surface area contributed by atoms with Gasteiger partial charge in [0.25, 0.3) is 0 Å². The van der Waals surface area contributed by atoms with Crippen LogP contribution in [0.2, 0.25) is 0 Å². The molecule has 1 nitrogen and oxygen atoms in total. The van der Waals surface area contributed by atoms with Gasteiger partial charge in [0.15, 0.2) is 0 Å². The first-order valence-corrected chi connectivity index (χ1v) is 7.09. The van der Waals surface area contributed by atoms with Crippen LogP contribution in [0.1, 0.15) is 13.8 Å². The normalized spacial score (nSPS) is 10.9. The molecule has 0 spiro atoms. The minimum Gasteiger partial charge on any atom is -0.339 e. The van der Waals surface area contributed by atoms with Crippen LogP contribution in [0.4, 0.5) is 11.4 Å². The van der Waals surface area contributed by atoms with E-state index in [4.69, 9.17) is 0 Å². The van der Waals surface area contributed by atoms with Crippen molar-refractivity contribution in [2.45, 2.75) is 19.9 Å². The molecule has 0 aromatic heterocycles. The highest BCUT2D eigenvalue weighted by Gasteiger charge is 2.12. The predicted octanol–water partition coefficient (Wildman–Crippen LogP) is 5.39. The second kappa shape index (κ2) is 5.38. The fourth-order valence-corrected chi connectivity index (χ4v) is 2.66. The van der Waals surface area contributed by atoms with Crippen molar-refractivity contribution in [3.05, 3.63) is 72.8 Å². The van der Waals surface area contributed by atoms with Crippen molar-refractivity contribution in [1.82, 2.24) is 0 Å². The lowest BCUT2D eigenvalue weighted by Crippen LogP contribution is -2.25. The van der Waals surface area contributed by atoms with Crippen LogP contribution in [0.25, 0.3) is 10.8 Å². The number of hydrogen-bond donors (Lipinski definition) is 0. The van der Waals surface area contributed by atoms with Gasteiger partial charge in [0.05, 0.1) is 0 Å². The standard InChI is InChI=1S/C19H19N/c1-15(2)20(18-10-4-3-5-11-18)19-13-12-16-8-6-7-9-17(16)14-19/h3-15H,1-2H3. The molecular formula is C19H19N. The minimum absolute atomic E-state index is 0.415. The van der Waals surface area contributed by atoms with Crippen molar-refractivity contribution in [3.63, 3.8) is 0 Å². The van der Waals surface area contributed by atoms with Crippen molar-refractivity contribution in [2.75, 3.05) is 4.90 Å². The molecule has 0 bridgehead atoms. The van der Waals surface area contributed by atoms with Crippen LogP contribution < -0.4 is 4.90 Å². The number of anilines is 2. The van der Waals surface area contributed by atoms with Crippen molar-refractivity contribution >= 4 is 22.1 Å². The summed E-state index contributed by atoms with van der Waals surface area (Å²) >= 11 is 0.